The maximum Gasteiger partial charge on any atom is 0.494 e. The van der Waals surface area contributed by atoms with Crippen LogP contribution in [0.15, 0.2) is 35.3 Å². The average molecular weight is 460 g/mol. The number of fused-ring (bicyclic) bond motifs is 3. The van der Waals surface area contributed by atoms with E-state index in [4.69, 9.17) is 14.3 Å². The Kier molecular flexibility index (Phi) is 5.68. The molecule has 0 aromatic heterocycles. The molecule has 0 saturated carbocycles. The Morgan fingerprint density at radius 2 is 1.79 bits per heavy atom. The van der Waals surface area contributed by atoms with Gasteiger partial charge in [-0.25, -0.2) is 0 Å². The maximum absolute atomic E-state index is 13.1. The Balaban J connectivity index is 1.39. The molecule has 0 N–H and O–H groups in total. The van der Waals surface area contributed by atoms with Crippen LogP contribution >= 0.6 is 0 Å². The van der Waals surface area contributed by atoms with Gasteiger partial charge >= 0.3 is 7.12 Å². The molecule has 3 aliphatic rings. The van der Waals surface area contributed by atoms with Gasteiger partial charge in [0.15, 0.2) is 0 Å². The first-order valence-corrected chi connectivity index (χ1v) is 12.8. The molecule has 34 heavy (non-hydrogen) atoms. The van der Waals surface area contributed by atoms with E-state index < -0.39 is 0 Å². The first-order valence-electron chi connectivity index (χ1n) is 12.8. The van der Waals surface area contributed by atoms with Crippen molar-refractivity contribution < 1.29 is 14.1 Å². The van der Waals surface area contributed by atoms with Crippen LogP contribution in [0.1, 0.15) is 66.9 Å². The highest BCUT2D eigenvalue weighted by Gasteiger charge is 2.51. The molecule has 0 bridgehead atoms. The summed E-state index contributed by atoms with van der Waals surface area (Å²) in [7, 11) is -0.365. The fourth-order valence-electron chi connectivity index (χ4n) is 5.31. The molecule has 2 atom stereocenters. The summed E-state index contributed by atoms with van der Waals surface area (Å²) < 4.78 is 12.5. The predicted molar refractivity (Wildman–Crippen MR) is 139 cm³/mol. The molecule has 3 aliphatic heterocycles. The van der Waals surface area contributed by atoms with Crippen LogP contribution in [-0.2, 0) is 20.5 Å². The Morgan fingerprint density at radius 3 is 2.47 bits per heavy atom. The number of hydrogen-bond acceptors (Lipinski definition) is 4. The van der Waals surface area contributed by atoms with Crippen molar-refractivity contribution in [1.82, 2.24) is 4.90 Å². The largest absolute Gasteiger partial charge is 0.494 e. The molecular weight excluding hydrogens is 423 g/mol. The van der Waals surface area contributed by atoms with Crippen molar-refractivity contribution in [1.29, 1.82) is 0 Å². The van der Waals surface area contributed by atoms with Crippen LogP contribution in [0, 0.1) is 11.8 Å². The second-order valence-corrected chi connectivity index (χ2v) is 11.6. The lowest BCUT2D eigenvalue weighted by Crippen LogP contribution is -2.44. The standard InChI is InChI=1S/C28H37BN2O3/c1-17(2)18(3)26(32)31-14-8-9-25(31)24-16-22-21-12-11-20(15-19(21)10-13-23(22)30-24)29-33-27(4,5)28(6,7)34-29/h10-13,15,17-18,25H,8-9,14,16H2,1-7H3/t18-,25-/m0/s1. The third-order valence-corrected chi connectivity index (χ3v) is 8.59. The van der Waals surface area contributed by atoms with Crippen LogP contribution < -0.4 is 5.46 Å². The fraction of sp³-hybridized carbons (Fsp3) is 0.571. The maximum atomic E-state index is 13.1. The van der Waals surface area contributed by atoms with Crippen molar-refractivity contribution >= 4 is 40.7 Å². The molecule has 2 aromatic carbocycles. The number of aliphatic imine (C=N–C) groups is 1. The topological polar surface area (TPSA) is 51.1 Å². The lowest BCUT2D eigenvalue weighted by molar-refractivity contribution is -0.136. The van der Waals surface area contributed by atoms with Crippen LogP contribution in [-0.4, -0.2) is 47.4 Å². The van der Waals surface area contributed by atoms with E-state index in [2.05, 4.69) is 83.7 Å². The molecular formula is C28H37BN2O3. The van der Waals surface area contributed by atoms with E-state index in [1.807, 2.05) is 0 Å². The Hall–Kier alpha value is -2.18. The van der Waals surface area contributed by atoms with Crippen LogP contribution in [0.3, 0.4) is 0 Å². The van der Waals surface area contributed by atoms with Gasteiger partial charge in [-0.3, -0.25) is 9.79 Å². The first kappa shape index (κ1) is 23.6. The molecule has 180 valence electrons. The Morgan fingerprint density at radius 1 is 1.09 bits per heavy atom. The molecule has 2 saturated heterocycles. The second-order valence-electron chi connectivity index (χ2n) is 11.6. The smallest absolute Gasteiger partial charge is 0.399 e. The molecule has 0 radical (unpaired) electrons. The summed E-state index contributed by atoms with van der Waals surface area (Å²) in [6.45, 7) is 15.5. The van der Waals surface area contributed by atoms with Crippen molar-refractivity contribution in [3.05, 3.63) is 35.9 Å². The lowest BCUT2D eigenvalue weighted by Gasteiger charge is -2.32. The van der Waals surface area contributed by atoms with Gasteiger partial charge in [0, 0.05) is 24.6 Å². The summed E-state index contributed by atoms with van der Waals surface area (Å²) in [4.78, 5) is 20.3. The highest BCUT2D eigenvalue weighted by Crippen LogP contribution is 2.39. The SMILES string of the molecule is CC(C)[C@H](C)C(=O)N1CCC[C@H]1C1=Nc2ccc3cc(B4OC(C)(C)C(C)(C)O4)ccc3c2C1. The highest BCUT2D eigenvalue weighted by molar-refractivity contribution is 6.62. The van der Waals surface area contributed by atoms with E-state index in [1.54, 1.807) is 0 Å². The minimum atomic E-state index is -0.365. The zero-order valence-corrected chi connectivity index (χ0v) is 21.6. The van der Waals surface area contributed by atoms with E-state index in [-0.39, 0.29) is 36.2 Å². The molecule has 6 heteroatoms. The predicted octanol–water partition coefficient (Wildman–Crippen LogP) is 5.05. The number of carbonyl (C=O) groups is 1. The number of hydrogen-bond donors (Lipinski definition) is 0. The molecule has 1 amide bonds. The van der Waals surface area contributed by atoms with Gasteiger partial charge in [0.2, 0.25) is 5.91 Å². The van der Waals surface area contributed by atoms with Crippen molar-refractivity contribution in [2.24, 2.45) is 16.8 Å². The molecule has 0 unspecified atom stereocenters. The van der Waals surface area contributed by atoms with Gasteiger partial charge in [-0.15, -0.1) is 0 Å². The van der Waals surface area contributed by atoms with E-state index in [1.165, 1.54) is 16.3 Å². The molecule has 2 fully saturated rings. The zero-order chi connectivity index (χ0) is 24.4. The lowest BCUT2D eigenvalue weighted by atomic mass is 9.78. The summed E-state index contributed by atoms with van der Waals surface area (Å²) in [5, 5.41) is 2.40. The van der Waals surface area contributed by atoms with Crippen molar-refractivity contribution in [3.63, 3.8) is 0 Å². The van der Waals surface area contributed by atoms with E-state index >= 15 is 0 Å². The van der Waals surface area contributed by atoms with E-state index in [0.29, 0.717) is 5.92 Å². The summed E-state index contributed by atoms with van der Waals surface area (Å²) in [5.74, 6) is 0.658. The molecule has 5 rings (SSSR count). The van der Waals surface area contributed by atoms with Crippen LogP contribution in [0.2, 0.25) is 0 Å². The second kappa shape index (κ2) is 8.20. The quantitative estimate of drug-likeness (QED) is 0.600. The van der Waals surface area contributed by atoms with Crippen LogP contribution in [0.4, 0.5) is 5.69 Å². The fourth-order valence-corrected chi connectivity index (χ4v) is 5.31. The van der Waals surface area contributed by atoms with Gasteiger partial charge in [0.25, 0.3) is 0 Å². The van der Waals surface area contributed by atoms with Gasteiger partial charge in [0.1, 0.15) is 0 Å². The molecule has 5 nitrogen and oxygen atoms in total. The first-order chi connectivity index (χ1) is 16.0. The number of nitrogens with zero attached hydrogens (tertiary/aromatic N) is 2. The number of benzene rings is 2. The summed E-state index contributed by atoms with van der Waals surface area (Å²) in [6, 6.07) is 10.9. The summed E-state index contributed by atoms with van der Waals surface area (Å²) in [5.41, 5.74) is 3.78. The molecule has 0 aliphatic carbocycles. The minimum absolute atomic E-state index is 0.0409. The monoisotopic (exact) mass is 460 g/mol. The third-order valence-electron chi connectivity index (χ3n) is 8.59. The Bertz CT molecular complexity index is 1150. The van der Waals surface area contributed by atoms with Crippen molar-refractivity contribution in [3.8, 4) is 0 Å². The van der Waals surface area contributed by atoms with Crippen LogP contribution in [0.25, 0.3) is 10.8 Å². The van der Waals surface area contributed by atoms with Gasteiger partial charge in [-0.1, -0.05) is 45.0 Å². The van der Waals surface area contributed by atoms with E-state index in [9.17, 15) is 4.79 Å². The Labute approximate surface area is 204 Å². The summed E-state index contributed by atoms with van der Waals surface area (Å²) >= 11 is 0. The van der Waals surface area contributed by atoms with Crippen LogP contribution in [0.5, 0.6) is 0 Å². The molecule has 3 heterocycles. The van der Waals surface area contributed by atoms with Gasteiger partial charge in [0.05, 0.1) is 22.9 Å². The van der Waals surface area contributed by atoms with E-state index in [0.717, 1.165) is 42.7 Å². The highest BCUT2D eigenvalue weighted by atomic mass is 16.7. The van der Waals surface area contributed by atoms with Gasteiger partial charge in [-0.05, 0) is 74.3 Å². The number of carbonyl (C=O) groups excluding carboxylic acids is 1. The molecule has 2 aromatic rings. The number of rotatable bonds is 4. The average Bonchev–Trinajstić information content (AvgIpc) is 3.47. The molecule has 0 spiro atoms. The minimum Gasteiger partial charge on any atom is -0.399 e. The van der Waals surface area contributed by atoms with Crippen molar-refractivity contribution in [2.45, 2.75) is 85.0 Å². The van der Waals surface area contributed by atoms with Crippen molar-refractivity contribution in [2.75, 3.05) is 6.54 Å². The summed E-state index contributed by atoms with van der Waals surface area (Å²) in [6.07, 6.45) is 2.87. The normalized spacial score (nSPS) is 24.1. The van der Waals surface area contributed by atoms with Gasteiger partial charge < -0.3 is 14.2 Å². The zero-order valence-electron chi connectivity index (χ0n) is 21.6. The van der Waals surface area contributed by atoms with Gasteiger partial charge in [-0.2, -0.15) is 0 Å². The number of amides is 1. The number of likely N-dealkylation sites (tertiary alicyclic amines) is 1. The third kappa shape index (κ3) is 3.79.